The lowest BCUT2D eigenvalue weighted by Crippen LogP contribution is -2.45. The van der Waals surface area contributed by atoms with E-state index >= 15 is 0 Å². The molecule has 4 heteroatoms. The molecule has 0 radical (unpaired) electrons. The van der Waals surface area contributed by atoms with Gasteiger partial charge in [0.2, 0.25) is 0 Å². The average molecular weight is 297 g/mol. The average Bonchev–Trinajstić information content (AvgIpc) is 2.45. The second-order valence-electron chi connectivity index (χ2n) is 5.89. The summed E-state index contributed by atoms with van der Waals surface area (Å²) in [4.78, 5) is 4.77. The molecule has 0 spiro atoms. The molecule has 0 bridgehead atoms. The first-order valence-corrected chi connectivity index (χ1v) is 7.76. The van der Waals surface area contributed by atoms with Gasteiger partial charge < -0.3 is 14.9 Å². The zero-order chi connectivity index (χ0) is 14.5. The predicted octanol–water partition coefficient (Wildman–Crippen LogP) is 2.79. The Balaban J connectivity index is 1.80. The van der Waals surface area contributed by atoms with Crippen molar-refractivity contribution in [3.8, 4) is 0 Å². The van der Waals surface area contributed by atoms with Crippen LogP contribution < -0.4 is 0 Å². The van der Waals surface area contributed by atoms with Crippen molar-refractivity contribution in [2.75, 3.05) is 33.7 Å². The Morgan fingerprint density at radius 2 is 2.10 bits per heavy atom. The van der Waals surface area contributed by atoms with Crippen LogP contribution in [0.2, 0.25) is 5.02 Å². The second kappa shape index (κ2) is 7.41. The van der Waals surface area contributed by atoms with Gasteiger partial charge in [0.15, 0.2) is 0 Å². The van der Waals surface area contributed by atoms with Gasteiger partial charge in [0.25, 0.3) is 0 Å². The van der Waals surface area contributed by atoms with Crippen molar-refractivity contribution in [3.63, 3.8) is 0 Å². The number of halogens is 1. The van der Waals surface area contributed by atoms with E-state index in [0.717, 1.165) is 25.1 Å². The van der Waals surface area contributed by atoms with Crippen LogP contribution in [0.25, 0.3) is 0 Å². The molecule has 20 heavy (non-hydrogen) atoms. The summed E-state index contributed by atoms with van der Waals surface area (Å²) < 4.78 is 0. The third-order valence-corrected chi connectivity index (χ3v) is 4.48. The molecule has 2 atom stereocenters. The minimum absolute atomic E-state index is 0.406. The number of hydrogen-bond acceptors (Lipinski definition) is 3. The molecule has 1 fully saturated rings. The van der Waals surface area contributed by atoms with Crippen LogP contribution in [0, 0.1) is 0 Å². The molecular weight excluding hydrogens is 272 g/mol. The molecule has 3 nitrogen and oxygen atoms in total. The van der Waals surface area contributed by atoms with Crippen LogP contribution in [-0.2, 0) is 0 Å². The van der Waals surface area contributed by atoms with Crippen molar-refractivity contribution in [3.05, 3.63) is 34.9 Å². The maximum absolute atomic E-state index is 10.2. The van der Waals surface area contributed by atoms with Gasteiger partial charge in [-0.3, -0.25) is 0 Å². The third kappa shape index (κ3) is 4.45. The first kappa shape index (κ1) is 15.8. The summed E-state index contributed by atoms with van der Waals surface area (Å²) in [6.45, 7) is 3.26. The topological polar surface area (TPSA) is 26.7 Å². The zero-order valence-corrected chi connectivity index (χ0v) is 13.2. The Labute approximate surface area is 127 Å². The van der Waals surface area contributed by atoms with Gasteiger partial charge in [0.1, 0.15) is 0 Å². The van der Waals surface area contributed by atoms with Crippen molar-refractivity contribution >= 4 is 11.6 Å². The van der Waals surface area contributed by atoms with E-state index in [9.17, 15) is 5.11 Å². The number of nitrogens with zero attached hydrogens (tertiary/aromatic N) is 2. The van der Waals surface area contributed by atoms with Crippen molar-refractivity contribution < 1.29 is 5.11 Å². The molecule has 2 rings (SSSR count). The molecule has 2 unspecified atom stereocenters. The van der Waals surface area contributed by atoms with E-state index in [4.69, 9.17) is 11.6 Å². The Bertz CT molecular complexity index is 409. The lowest BCUT2D eigenvalue weighted by Gasteiger charge is -2.36. The first-order chi connectivity index (χ1) is 9.56. The van der Waals surface area contributed by atoms with Crippen LogP contribution in [0.1, 0.15) is 30.9 Å². The molecule has 0 aliphatic carbocycles. The van der Waals surface area contributed by atoms with Crippen LogP contribution in [0.15, 0.2) is 24.3 Å². The van der Waals surface area contributed by atoms with Gasteiger partial charge in [-0.25, -0.2) is 0 Å². The predicted molar refractivity (Wildman–Crippen MR) is 84.2 cm³/mol. The van der Waals surface area contributed by atoms with E-state index in [1.807, 2.05) is 24.3 Å². The van der Waals surface area contributed by atoms with Gasteiger partial charge >= 0.3 is 0 Å². The van der Waals surface area contributed by atoms with E-state index in [1.165, 1.54) is 19.4 Å². The normalized spacial score (nSPS) is 22.1. The van der Waals surface area contributed by atoms with Crippen molar-refractivity contribution in [1.82, 2.24) is 9.80 Å². The van der Waals surface area contributed by atoms with Crippen molar-refractivity contribution in [2.45, 2.75) is 31.4 Å². The maximum atomic E-state index is 10.2. The number of benzene rings is 1. The minimum Gasteiger partial charge on any atom is -0.388 e. The Morgan fingerprint density at radius 1 is 1.40 bits per heavy atom. The molecule has 1 N–H and O–H groups in total. The fraction of sp³-hybridized carbons (Fsp3) is 0.625. The van der Waals surface area contributed by atoms with Gasteiger partial charge in [0.05, 0.1) is 6.10 Å². The van der Waals surface area contributed by atoms with E-state index in [1.54, 1.807) is 0 Å². The number of likely N-dealkylation sites (N-methyl/N-ethyl adjacent to an activating group) is 2. The van der Waals surface area contributed by atoms with Crippen molar-refractivity contribution in [1.29, 1.82) is 0 Å². The van der Waals surface area contributed by atoms with Gasteiger partial charge in [-0.2, -0.15) is 0 Å². The summed E-state index contributed by atoms with van der Waals surface area (Å²) in [5.41, 5.74) is 0.948. The molecule has 0 aromatic heterocycles. The number of likely N-dealkylation sites (tertiary alicyclic amines) is 1. The Hall–Kier alpha value is -0.610. The maximum Gasteiger partial charge on any atom is 0.0802 e. The SMILES string of the molecule is CN1CCCC(N(C)CCC(O)c2ccc(Cl)cc2)C1. The Morgan fingerprint density at radius 3 is 2.75 bits per heavy atom. The van der Waals surface area contributed by atoms with E-state index in [0.29, 0.717) is 11.1 Å². The summed E-state index contributed by atoms with van der Waals surface area (Å²) >= 11 is 5.86. The Kier molecular flexibility index (Phi) is 5.85. The van der Waals surface area contributed by atoms with E-state index < -0.39 is 6.10 Å². The smallest absolute Gasteiger partial charge is 0.0802 e. The molecule has 1 aromatic carbocycles. The highest BCUT2D eigenvalue weighted by atomic mass is 35.5. The minimum atomic E-state index is -0.406. The second-order valence-corrected chi connectivity index (χ2v) is 6.33. The quantitative estimate of drug-likeness (QED) is 0.905. The van der Waals surface area contributed by atoms with Crippen LogP contribution >= 0.6 is 11.6 Å². The highest BCUT2D eigenvalue weighted by Gasteiger charge is 2.21. The number of aliphatic hydroxyl groups is 1. The molecule has 1 aliphatic heterocycles. The zero-order valence-electron chi connectivity index (χ0n) is 12.4. The number of rotatable bonds is 5. The molecule has 1 aliphatic rings. The number of hydrogen-bond donors (Lipinski definition) is 1. The van der Waals surface area contributed by atoms with Crippen molar-refractivity contribution in [2.24, 2.45) is 0 Å². The molecule has 0 amide bonds. The third-order valence-electron chi connectivity index (χ3n) is 4.23. The van der Waals surface area contributed by atoms with E-state index in [-0.39, 0.29) is 0 Å². The fourth-order valence-electron chi connectivity index (χ4n) is 2.86. The lowest BCUT2D eigenvalue weighted by molar-refractivity contribution is 0.104. The summed E-state index contributed by atoms with van der Waals surface area (Å²) in [5, 5.41) is 10.9. The summed E-state index contributed by atoms with van der Waals surface area (Å²) in [6, 6.07) is 8.09. The molecule has 112 valence electrons. The number of aliphatic hydroxyl groups excluding tert-OH is 1. The molecular formula is C16H25ClN2O. The molecule has 0 saturated carbocycles. The highest BCUT2D eigenvalue weighted by Crippen LogP contribution is 2.20. The van der Waals surface area contributed by atoms with Crippen LogP contribution in [0.4, 0.5) is 0 Å². The van der Waals surface area contributed by atoms with Gasteiger partial charge in [0, 0.05) is 24.2 Å². The summed E-state index contributed by atoms with van der Waals surface area (Å²) in [7, 11) is 4.35. The van der Waals surface area contributed by atoms with Crippen LogP contribution in [-0.4, -0.2) is 54.7 Å². The monoisotopic (exact) mass is 296 g/mol. The summed E-state index contributed by atoms with van der Waals surface area (Å²) in [6.07, 6.45) is 2.89. The van der Waals surface area contributed by atoms with Crippen LogP contribution in [0.5, 0.6) is 0 Å². The highest BCUT2D eigenvalue weighted by molar-refractivity contribution is 6.30. The largest absolute Gasteiger partial charge is 0.388 e. The van der Waals surface area contributed by atoms with Gasteiger partial charge in [-0.1, -0.05) is 23.7 Å². The molecule has 1 aromatic rings. The van der Waals surface area contributed by atoms with Gasteiger partial charge in [-0.05, 0) is 57.6 Å². The standard InChI is InChI=1S/C16H25ClN2O/c1-18-10-3-4-15(12-18)19(2)11-9-16(20)13-5-7-14(17)8-6-13/h5-8,15-16,20H,3-4,9-12H2,1-2H3. The van der Waals surface area contributed by atoms with Crippen LogP contribution in [0.3, 0.4) is 0 Å². The molecule has 1 heterocycles. The molecule has 1 saturated heterocycles. The fourth-order valence-corrected chi connectivity index (χ4v) is 2.99. The van der Waals surface area contributed by atoms with Gasteiger partial charge in [-0.15, -0.1) is 0 Å². The first-order valence-electron chi connectivity index (χ1n) is 7.38. The summed E-state index contributed by atoms with van der Waals surface area (Å²) in [5.74, 6) is 0. The number of piperidine rings is 1. The van der Waals surface area contributed by atoms with E-state index in [2.05, 4.69) is 23.9 Å². The lowest BCUT2D eigenvalue weighted by atomic mass is 10.0.